The van der Waals surface area contributed by atoms with E-state index in [0.717, 1.165) is 15.8 Å². The van der Waals surface area contributed by atoms with Crippen LogP contribution >= 0.6 is 15.9 Å². The van der Waals surface area contributed by atoms with Crippen molar-refractivity contribution in [3.8, 4) is 0 Å². The molecule has 0 radical (unpaired) electrons. The van der Waals surface area contributed by atoms with E-state index in [1.54, 1.807) is 0 Å². The summed E-state index contributed by atoms with van der Waals surface area (Å²) in [6.07, 6.45) is -0.338. The molecule has 0 aromatic heterocycles. The van der Waals surface area contributed by atoms with Gasteiger partial charge in [0.15, 0.2) is 0 Å². The minimum absolute atomic E-state index is 0.255. The first-order valence-electron chi connectivity index (χ1n) is 4.97. The van der Waals surface area contributed by atoms with Gasteiger partial charge in [-0.1, -0.05) is 13.8 Å². The third kappa shape index (κ3) is 3.72. The highest BCUT2D eigenvalue weighted by atomic mass is 79.9. The van der Waals surface area contributed by atoms with Crippen molar-refractivity contribution in [1.29, 1.82) is 0 Å². The Balaban J connectivity index is 2.58. The summed E-state index contributed by atoms with van der Waals surface area (Å²) < 4.78 is 0.915. The summed E-state index contributed by atoms with van der Waals surface area (Å²) in [5, 5.41) is 12.8. The zero-order valence-corrected chi connectivity index (χ0v) is 10.6. The van der Waals surface area contributed by atoms with E-state index in [4.69, 9.17) is 5.73 Å². The number of nitrogen functional groups attached to an aromatic ring is 1. The summed E-state index contributed by atoms with van der Waals surface area (Å²) in [4.78, 5) is 0. The monoisotopic (exact) mass is 272 g/mol. The lowest BCUT2D eigenvalue weighted by atomic mass is 10.1. The predicted octanol–water partition coefficient (Wildman–Crippen LogP) is 2.46. The molecule has 4 N–H and O–H groups in total. The number of hydrogen-bond donors (Lipinski definition) is 3. The maximum absolute atomic E-state index is 9.63. The summed E-state index contributed by atoms with van der Waals surface area (Å²) >= 11 is 3.41. The van der Waals surface area contributed by atoms with Crippen molar-refractivity contribution in [2.75, 3.05) is 17.6 Å². The molecular weight excluding hydrogens is 256 g/mol. The fourth-order valence-corrected chi connectivity index (χ4v) is 1.66. The molecule has 0 saturated carbocycles. The molecule has 1 atom stereocenters. The van der Waals surface area contributed by atoms with E-state index in [2.05, 4.69) is 21.2 Å². The fourth-order valence-electron chi connectivity index (χ4n) is 1.12. The molecule has 0 heterocycles. The van der Waals surface area contributed by atoms with Crippen LogP contribution in [0.3, 0.4) is 0 Å². The molecule has 0 bridgehead atoms. The average molecular weight is 273 g/mol. The maximum atomic E-state index is 9.63. The summed E-state index contributed by atoms with van der Waals surface area (Å²) in [5.74, 6) is 0.255. The number of anilines is 2. The van der Waals surface area contributed by atoms with Crippen molar-refractivity contribution < 1.29 is 5.11 Å². The average Bonchev–Trinajstić information content (AvgIpc) is 2.15. The van der Waals surface area contributed by atoms with Crippen molar-refractivity contribution >= 4 is 27.3 Å². The fraction of sp³-hybridized carbons (Fsp3) is 0.455. The molecule has 84 valence electrons. The molecule has 0 aliphatic rings. The summed E-state index contributed by atoms with van der Waals surface area (Å²) in [6, 6.07) is 5.56. The van der Waals surface area contributed by atoms with Crippen molar-refractivity contribution in [2.45, 2.75) is 20.0 Å². The van der Waals surface area contributed by atoms with Gasteiger partial charge >= 0.3 is 0 Å². The highest BCUT2D eigenvalue weighted by Crippen LogP contribution is 2.24. The van der Waals surface area contributed by atoms with E-state index in [0.29, 0.717) is 6.54 Å². The molecule has 0 spiro atoms. The van der Waals surface area contributed by atoms with E-state index >= 15 is 0 Å². The summed E-state index contributed by atoms with van der Waals surface area (Å²) in [5.41, 5.74) is 7.29. The lowest BCUT2D eigenvalue weighted by Gasteiger charge is -2.16. The summed E-state index contributed by atoms with van der Waals surface area (Å²) in [7, 11) is 0. The van der Waals surface area contributed by atoms with Crippen LogP contribution in [-0.4, -0.2) is 17.8 Å². The summed E-state index contributed by atoms with van der Waals surface area (Å²) in [6.45, 7) is 4.52. The third-order valence-electron chi connectivity index (χ3n) is 2.26. The Morgan fingerprint density at radius 1 is 1.47 bits per heavy atom. The number of benzene rings is 1. The van der Waals surface area contributed by atoms with Crippen LogP contribution in [0.1, 0.15) is 13.8 Å². The van der Waals surface area contributed by atoms with Crippen molar-refractivity contribution in [1.82, 2.24) is 0 Å². The number of aliphatic hydroxyl groups is 1. The van der Waals surface area contributed by atoms with E-state index in [-0.39, 0.29) is 12.0 Å². The minimum Gasteiger partial charge on any atom is -0.399 e. The van der Waals surface area contributed by atoms with Crippen molar-refractivity contribution in [3.63, 3.8) is 0 Å². The Labute approximate surface area is 98.8 Å². The first-order chi connectivity index (χ1) is 7.00. The van der Waals surface area contributed by atoms with Crippen LogP contribution in [0.25, 0.3) is 0 Å². The quantitative estimate of drug-likeness (QED) is 0.738. The minimum atomic E-state index is -0.338. The van der Waals surface area contributed by atoms with Crippen LogP contribution < -0.4 is 11.1 Å². The van der Waals surface area contributed by atoms with Gasteiger partial charge in [0, 0.05) is 22.4 Å². The zero-order valence-electron chi connectivity index (χ0n) is 9.00. The number of nitrogens with two attached hydrogens (primary N) is 1. The standard InChI is InChI=1S/C11H17BrN2O/c1-7(2)11(15)6-14-10-4-3-8(13)5-9(10)12/h3-5,7,11,14-15H,6,13H2,1-2H3. The first-order valence-corrected chi connectivity index (χ1v) is 5.77. The van der Waals surface area contributed by atoms with Gasteiger partial charge in [-0.2, -0.15) is 0 Å². The number of nitrogens with one attached hydrogen (secondary N) is 1. The Kier molecular flexibility index (Phi) is 4.42. The molecule has 1 rings (SSSR count). The van der Waals surface area contributed by atoms with Gasteiger partial charge in [0.25, 0.3) is 0 Å². The number of aliphatic hydroxyl groups excluding tert-OH is 1. The highest BCUT2D eigenvalue weighted by molar-refractivity contribution is 9.10. The molecule has 3 nitrogen and oxygen atoms in total. The molecule has 0 saturated heterocycles. The van der Waals surface area contributed by atoms with Crippen molar-refractivity contribution in [3.05, 3.63) is 22.7 Å². The van der Waals surface area contributed by atoms with Crippen LogP contribution in [0.5, 0.6) is 0 Å². The predicted molar refractivity (Wildman–Crippen MR) is 67.9 cm³/mol. The SMILES string of the molecule is CC(C)C(O)CNc1ccc(N)cc1Br. The van der Waals surface area contributed by atoms with Crippen LogP contribution in [0.4, 0.5) is 11.4 Å². The molecular formula is C11H17BrN2O. The largest absolute Gasteiger partial charge is 0.399 e. The van der Waals surface area contributed by atoms with Crippen LogP contribution in [0.15, 0.2) is 22.7 Å². The lowest BCUT2D eigenvalue weighted by Crippen LogP contribution is -2.24. The highest BCUT2D eigenvalue weighted by Gasteiger charge is 2.09. The molecule has 15 heavy (non-hydrogen) atoms. The van der Waals surface area contributed by atoms with Gasteiger partial charge in [-0.15, -0.1) is 0 Å². The van der Waals surface area contributed by atoms with Gasteiger partial charge in [-0.3, -0.25) is 0 Å². The number of rotatable bonds is 4. The Bertz CT molecular complexity index is 328. The topological polar surface area (TPSA) is 58.3 Å². The molecule has 0 aliphatic heterocycles. The second-order valence-electron chi connectivity index (χ2n) is 3.93. The molecule has 1 aromatic carbocycles. The Morgan fingerprint density at radius 3 is 2.67 bits per heavy atom. The Hall–Kier alpha value is -0.740. The number of hydrogen-bond acceptors (Lipinski definition) is 3. The van der Waals surface area contributed by atoms with Crippen LogP contribution in [0.2, 0.25) is 0 Å². The van der Waals surface area contributed by atoms with Gasteiger partial charge in [0.05, 0.1) is 6.10 Å². The second kappa shape index (κ2) is 5.37. The molecule has 1 aromatic rings. The molecule has 0 amide bonds. The maximum Gasteiger partial charge on any atom is 0.0735 e. The van der Waals surface area contributed by atoms with Gasteiger partial charge < -0.3 is 16.2 Å². The van der Waals surface area contributed by atoms with E-state index in [1.165, 1.54) is 0 Å². The van der Waals surface area contributed by atoms with Crippen LogP contribution in [0, 0.1) is 5.92 Å². The van der Waals surface area contributed by atoms with Crippen LogP contribution in [-0.2, 0) is 0 Å². The molecule has 1 unspecified atom stereocenters. The van der Waals surface area contributed by atoms with Gasteiger partial charge in [-0.25, -0.2) is 0 Å². The van der Waals surface area contributed by atoms with E-state index < -0.39 is 0 Å². The molecule has 4 heteroatoms. The van der Waals surface area contributed by atoms with Gasteiger partial charge in [0.1, 0.15) is 0 Å². The third-order valence-corrected chi connectivity index (χ3v) is 2.92. The van der Waals surface area contributed by atoms with E-state index in [9.17, 15) is 5.11 Å². The molecule has 0 fully saturated rings. The van der Waals surface area contributed by atoms with E-state index in [1.807, 2.05) is 32.0 Å². The van der Waals surface area contributed by atoms with Crippen molar-refractivity contribution in [2.24, 2.45) is 5.92 Å². The lowest BCUT2D eigenvalue weighted by molar-refractivity contribution is 0.138. The molecule has 0 aliphatic carbocycles. The number of halogens is 1. The zero-order chi connectivity index (χ0) is 11.4. The smallest absolute Gasteiger partial charge is 0.0735 e. The van der Waals surface area contributed by atoms with Gasteiger partial charge in [0.2, 0.25) is 0 Å². The second-order valence-corrected chi connectivity index (χ2v) is 4.79. The van der Waals surface area contributed by atoms with Gasteiger partial charge in [-0.05, 0) is 40.0 Å². The normalized spacial score (nSPS) is 12.9. The first kappa shape index (κ1) is 12.3. The Morgan fingerprint density at radius 2 is 2.13 bits per heavy atom.